The van der Waals surface area contributed by atoms with Crippen molar-refractivity contribution in [1.29, 1.82) is 0 Å². The van der Waals surface area contributed by atoms with Crippen molar-refractivity contribution in [3.63, 3.8) is 0 Å². The first kappa shape index (κ1) is 21.4. The highest BCUT2D eigenvalue weighted by Crippen LogP contribution is 2.38. The second-order valence-corrected chi connectivity index (χ2v) is 6.26. The highest BCUT2D eigenvalue weighted by atomic mass is 35.5. The molecule has 2 rings (SSSR count). The molecule has 2 aromatic carbocycles. The zero-order valence-electron chi connectivity index (χ0n) is 16.0. The molecule has 0 heterocycles. The topological polar surface area (TPSA) is 85.9 Å². The van der Waals surface area contributed by atoms with E-state index in [0.717, 1.165) is 5.56 Å². The normalized spacial score (nSPS) is 10.1. The van der Waals surface area contributed by atoms with Gasteiger partial charge in [0.2, 0.25) is 11.7 Å². The lowest BCUT2D eigenvalue weighted by atomic mass is 10.1. The molecule has 0 aliphatic carbocycles. The van der Waals surface area contributed by atoms with Crippen molar-refractivity contribution in [3.8, 4) is 17.2 Å². The third-order valence-electron chi connectivity index (χ3n) is 3.94. The molecule has 8 heteroatoms. The second kappa shape index (κ2) is 10.4. The van der Waals surface area contributed by atoms with Crippen molar-refractivity contribution in [2.75, 3.05) is 34.4 Å². The fourth-order valence-corrected chi connectivity index (χ4v) is 2.67. The lowest BCUT2D eigenvalue weighted by Crippen LogP contribution is -2.35. The van der Waals surface area contributed by atoms with E-state index in [2.05, 4.69) is 10.6 Å². The SMILES string of the molecule is COc1cc(C(=O)NCCNC(=O)Cc2ccc(Cl)cc2)cc(OC)c1OC. The largest absolute Gasteiger partial charge is 0.493 e. The van der Waals surface area contributed by atoms with Crippen LogP contribution in [0.15, 0.2) is 36.4 Å². The molecule has 0 aromatic heterocycles. The van der Waals surface area contributed by atoms with Gasteiger partial charge in [-0.2, -0.15) is 0 Å². The van der Waals surface area contributed by atoms with Crippen LogP contribution in [0.1, 0.15) is 15.9 Å². The summed E-state index contributed by atoms with van der Waals surface area (Å²) in [6.07, 6.45) is 0.248. The Morgan fingerprint density at radius 3 is 2.00 bits per heavy atom. The summed E-state index contributed by atoms with van der Waals surface area (Å²) in [6, 6.07) is 10.2. The average Bonchev–Trinajstić information content (AvgIpc) is 2.71. The second-order valence-electron chi connectivity index (χ2n) is 5.82. The fraction of sp³-hybridized carbons (Fsp3) is 0.300. The van der Waals surface area contributed by atoms with Gasteiger partial charge >= 0.3 is 0 Å². The van der Waals surface area contributed by atoms with Crippen molar-refractivity contribution in [3.05, 3.63) is 52.5 Å². The van der Waals surface area contributed by atoms with Gasteiger partial charge in [0, 0.05) is 23.7 Å². The van der Waals surface area contributed by atoms with Gasteiger partial charge in [0.1, 0.15) is 0 Å². The maximum atomic E-state index is 12.4. The van der Waals surface area contributed by atoms with Crippen molar-refractivity contribution < 1.29 is 23.8 Å². The van der Waals surface area contributed by atoms with Crippen LogP contribution in [0.3, 0.4) is 0 Å². The van der Waals surface area contributed by atoms with Crippen molar-refractivity contribution in [2.45, 2.75) is 6.42 Å². The molecule has 0 bridgehead atoms. The molecule has 0 aliphatic rings. The molecule has 2 amide bonds. The molecule has 0 radical (unpaired) electrons. The maximum absolute atomic E-state index is 12.4. The van der Waals surface area contributed by atoms with Crippen LogP contribution in [0.2, 0.25) is 5.02 Å². The average molecular weight is 407 g/mol. The monoisotopic (exact) mass is 406 g/mol. The quantitative estimate of drug-likeness (QED) is 0.625. The predicted molar refractivity (Wildman–Crippen MR) is 107 cm³/mol. The van der Waals surface area contributed by atoms with Gasteiger partial charge in [-0.3, -0.25) is 9.59 Å². The third-order valence-corrected chi connectivity index (χ3v) is 4.19. The Morgan fingerprint density at radius 2 is 1.46 bits per heavy atom. The van der Waals surface area contributed by atoms with Gasteiger partial charge < -0.3 is 24.8 Å². The van der Waals surface area contributed by atoms with E-state index in [1.807, 2.05) is 0 Å². The van der Waals surface area contributed by atoms with E-state index >= 15 is 0 Å². The number of amides is 2. The Kier molecular flexibility index (Phi) is 7.95. The molecule has 2 aromatic rings. The molecule has 0 saturated heterocycles. The third kappa shape index (κ3) is 5.79. The summed E-state index contributed by atoms with van der Waals surface area (Å²) in [5, 5.41) is 6.13. The molecule has 0 aliphatic heterocycles. The summed E-state index contributed by atoms with van der Waals surface area (Å²) in [6.45, 7) is 0.588. The van der Waals surface area contributed by atoms with Gasteiger partial charge in [0.25, 0.3) is 5.91 Å². The molecule has 7 nitrogen and oxygen atoms in total. The van der Waals surface area contributed by atoms with E-state index in [9.17, 15) is 9.59 Å². The Balaban J connectivity index is 1.85. The molecule has 0 saturated carbocycles. The van der Waals surface area contributed by atoms with Crippen molar-refractivity contribution in [2.24, 2.45) is 0 Å². The smallest absolute Gasteiger partial charge is 0.251 e. The van der Waals surface area contributed by atoms with E-state index in [4.69, 9.17) is 25.8 Å². The zero-order valence-corrected chi connectivity index (χ0v) is 16.8. The summed E-state index contributed by atoms with van der Waals surface area (Å²) >= 11 is 5.82. The van der Waals surface area contributed by atoms with E-state index in [1.54, 1.807) is 36.4 Å². The van der Waals surface area contributed by atoms with Gasteiger partial charge in [-0.1, -0.05) is 23.7 Å². The molecule has 0 spiro atoms. The number of carbonyl (C=O) groups is 2. The lowest BCUT2D eigenvalue weighted by molar-refractivity contribution is -0.120. The van der Waals surface area contributed by atoms with Crippen LogP contribution in [-0.4, -0.2) is 46.2 Å². The standard InChI is InChI=1S/C20H23ClN2O5/c1-26-16-11-14(12-17(27-2)19(16)28-3)20(25)23-9-8-22-18(24)10-13-4-6-15(21)7-5-13/h4-7,11-12H,8-10H2,1-3H3,(H,22,24)(H,23,25). The highest BCUT2D eigenvalue weighted by Gasteiger charge is 2.16. The minimum absolute atomic E-state index is 0.135. The summed E-state index contributed by atoms with van der Waals surface area (Å²) < 4.78 is 15.7. The number of ether oxygens (including phenoxy) is 3. The lowest BCUT2D eigenvalue weighted by Gasteiger charge is -2.14. The number of nitrogens with one attached hydrogen (secondary N) is 2. The van der Waals surface area contributed by atoms with Crippen molar-refractivity contribution >= 4 is 23.4 Å². The molecule has 0 unspecified atom stereocenters. The van der Waals surface area contributed by atoms with Gasteiger partial charge in [-0.15, -0.1) is 0 Å². The Bertz CT molecular complexity index is 799. The van der Waals surface area contributed by atoms with Gasteiger partial charge in [-0.05, 0) is 29.8 Å². The van der Waals surface area contributed by atoms with Gasteiger partial charge in [0.15, 0.2) is 11.5 Å². The fourth-order valence-electron chi connectivity index (χ4n) is 2.54. The van der Waals surface area contributed by atoms with E-state index in [1.165, 1.54) is 21.3 Å². The van der Waals surface area contributed by atoms with E-state index in [0.29, 0.717) is 34.4 Å². The van der Waals surface area contributed by atoms with E-state index < -0.39 is 0 Å². The molecular weight excluding hydrogens is 384 g/mol. The number of rotatable bonds is 9. The van der Waals surface area contributed by atoms with Crippen LogP contribution in [0.25, 0.3) is 0 Å². The summed E-state index contributed by atoms with van der Waals surface area (Å²) in [5.41, 5.74) is 1.23. The maximum Gasteiger partial charge on any atom is 0.251 e. The Morgan fingerprint density at radius 1 is 0.893 bits per heavy atom. The van der Waals surface area contributed by atoms with Crippen molar-refractivity contribution in [1.82, 2.24) is 10.6 Å². The zero-order chi connectivity index (χ0) is 20.5. The molecule has 2 N–H and O–H groups in total. The predicted octanol–water partition coefficient (Wildman–Crippen LogP) is 2.45. The minimum atomic E-state index is -0.314. The van der Waals surface area contributed by atoms with Crippen LogP contribution in [0, 0.1) is 0 Å². The van der Waals surface area contributed by atoms with Crippen LogP contribution in [-0.2, 0) is 11.2 Å². The first-order valence-corrected chi connectivity index (χ1v) is 8.95. The number of hydrogen-bond acceptors (Lipinski definition) is 5. The first-order chi connectivity index (χ1) is 13.5. The Labute approximate surface area is 168 Å². The number of hydrogen-bond donors (Lipinski definition) is 2. The number of halogens is 1. The Hall–Kier alpha value is -2.93. The summed E-state index contributed by atoms with van der Waals surface area (Å²) in [5.74, 6) is 0.748. The molecule has 28 heavy (non-hydrogen) atoms. The van der Waals surface area contributed by atoms with Gasteiger partial charge in [0.05, 0.1) is 27.8 Å². The number of methoxy groups -OCH3 is 3. The first-order valence-electron chi connectivity index (χ1n) is 8.57. The summed E-state index contributed by atoms with van der Waals surface area (Å²) in [7, 11) is 4.46. The van der Waals surface area contributed by atoms with Crippen LogP contribution < -0.4 is 24.8 Å². The van der Waals surface area contributed by atoms with E-state index in [-0.39, 0.29) is 24.8 Å². The van der Waals surface area contributed by atoms with Gasteiger partial charge in [-0.25, -0.2) is 0 Å². The molecule has 150 valence electrons. The molecule has 0 fully saturated rings. The number of carbonyl (C=O) groups excluding carboxylic acids is 2. The minimum Gasteiger partial charge on any atom is -0.493 e. The highest BCUT2D eigenvalue weighted by molar-refractivity contribution is 6.30. The van der Waals surface area contributed by atoms with Crippen LogP contribution >= 0.6 is 11.6 Å². The van der Waals surface area contributed by atoms with Crippen LogP contribution in [0.5, 0.6) is 17.2 Å². The molecular formula is C20H23ClN2O5. The van der Waals surface area contributed by atoms with Crippen LogP contribution in [0.4, 0.5) is 0 Å². The number of benzene rings is 2. The molecule has 0 atom stereocenters. The summed E-state index contributed by atoms with van der Waals surface area (Å²) in [4.78, 5) is 24.3.